The maximum Gasteiger partial charge on any atom is 0.320 e. The van der Waals surface area contributed by atoms with Crippen LogP contribution in [0.4, 0.5) is 5.82 Å². The summed E-state index contributed by atoms with van der Waals surface area (Å²) in [5, 5.41) is 0. The van der Waals surface area contributed by atoms with Gasteiger partial charge in [0.05, 0.1) is 13.7 Å². The predicted octanol–water partition coefficient (Wildman–Crippen LogP) is 0.749. The molecule has 0 saturated carbocycles. The van der Waals surface area contributed by atoms with E-state index in [1.54, 1.807) is 0 Å². The number of aromatic amines is 1. The number of nitrogen functional groups attached to an aromatic ring is 1. The van der Waals surface area contributed by atoms with Gasteiger partial charge in [0.1, 0.15) is 0 Å². The number of hydrogen-bond donors (Lipinski definition) is 2. The molecule has 1 saturated heterocycles. The summed E-state index contributed by atoms with van der Waals surface area (Å²) in [6.45, 7) is 2.14. The molecule has 3 N–H and O–H groups in total. The molecule has 3 rings (SSSR count). The van der Waals surface area contributed by atoms with E-state index in [1.807, 2.05) is 0 Å². The number of imidazole rings is 1. The predicted molar refractivity (Wildman–Crippen MR) is 71.7 cm³/mol. The van der Waals surface area contributed by atoms with Gasteiger partial charge in [0, 0.05) is 13.2 Å². The molecule has 1 fully saturated rings. The van der Waals surface area contributed by atoms with E-state index in [-0.39, 0.29) is 11.8 Å². The first-order valence-electron chi connectivity index (χ1n) is 6.54. The van der Waals surface area contributed by atoms with Gasteiger partial charge in [-0.15, -0.1) is 0 Å². The van der Waals surface area contributed by atoms with Crippen LogP contribution in [0.5, 0.6) is 12.0 Å². The van der Waals surface area contributed by atoms with Gasteiger partial charge in [-0.2, -0.15) is 15.0 Å². The fraction of sp³-hybridized carbons (Fsp3) is 0.583. The summed E-state index contributed by atoms with van der Waals surface area (Å²) in [5.74, 6) is 0.747. The highest BCUT2D eigenvalue weighted by molar-refractivity contribution is 5.82. The van der Waals surface area contributed by atoms with E-state index in [0.29, 0.717) is 29.7 Å². The molecule has 2 aromatic rings. The van der Waals surface area contributed by atoms with Crippen LogP contribution in [0.1, 0.15) is 12.8 Å². The molecular formula is C12H17N5O3. The molecule has 0 aliphatic carbocycles. The van der Waals surface area contributed by atoms with Crippen LogP contribution in [0, 0.1) is 5.92 Å². The van der Waals surface area contributed by atoms with Crippen molar-refractivity contribution in [1.82, 2.24) is 19.9 Å². The van der Waals surface area contributed by atoms with Crippen molar-refractivity contribution in [1.29, 1.82) is 0 Å². The Kier molecular flexibility index (Phi) is 3.55. The fourth-order valence-corrected chi connectivity index (χ4v) is 2.15. The summed E-state index contributed by atoms with van der Waals surface area (Å²) in [7, 11) is 1.52. The summed E-state index contributed by atoms with van der Waals surface area (Å²) in [4.78, 5) is 15.4. The van der Waals surface area contributed by atoms with E-state index in [4.69, 9.17) is 19.9 Å². The van der Waals surface area contributed by atoms with E-state index < -0.39 is 0 Å². The van der Waals surface area contributed by atoms with Crippen molar-refractivity contribution in [3.63, 3.8) is 0 Å². The molecule has 8 heteroatoms. The summed E-state index contributed by atoms with van der Waals surface area (Å²) in [5.41, 5.74) is 6.84. The van der Waals surface area contributed by atoms with Crippen molar-refractivity contribution in [3.8, 4) is 12.0 Å². The number of nitrogens with one attached hydrogen (secondary N) is 1. The number of nitrogens with zero attached hydrogens (tertiary/aromatic N) is 3. The van der Waals surface area contributed by atoms with Gasteiger partial charge < -0.3 is 19.9 Å². The molecule has 0 spiro atoms. The van der Waals surface area contributed by atoms with Crippen LogP contribution in [0.3, 0.4) is 0 Å². The van der Waals surface area contributed by atoms with Crippen molar-refractivity contribution < 1.29 is 14.2 Å². The molecule has 3 heterocycles. The second-order valence-electron chi connectivity index (χ2n) is 4.70. The number of methoxy groups -OCH3 is 1. The minimum Gasteiger partial charge on any atom is -0.468 e. The first-order chi connectivity index (χ1) is 9.76. The molecule has 2 aromatic heterocycles. The zero-order valence-electron chi connectivity index (χ0n) is 11.3. The quantitative estimate of drug-likeness (QED) is 0.850. The summed E-state index contributed by atoms with van der Waals surface area (Å²) in [6, 6.07) is 0.607. The number of aromatic nitrogens is 4. The molecule has 0 bridgehead atoms. The van der Waals surface area contributed by atoms with Crippen LogP contribution >= 0.6 is 0 Å². The van der Waals surface area contributed by atoms with E-state index in [0.717, 1.165) is 26.1 Å². The molecule has 0 aromatic carbocycles. The van der Waals surface area contributed by atoms with Gasteiger partial charge in [-0.1, -0.05) is 0 Å². The molecule has 8 nitrogen and oxygen atoms in total. The Hall–Kier alpha value is -2.09. The summed E-state index contributed by atoms with van der Waals surface area (Å²) >= 11 is 0. The highest BCUT2D eigenvalue weighted by atomic mass is 16.5. The lowest BCUT2D eigenvalue weighted by Crippen LogP contribution is -2.22. The second kappa shape index (κ2) is 5.49. The monoisotopic (exact) mass is 279 g/mol. The molecule has 1 aliphatic rings. The Morgan fingerprint density at radius 3 is 2.85 bits per heavy atom. The van der Waals surface area contributed by atoms with Crippen molar-refractivity contribution in [2.75, 3.05) is 32.7 Å². The molecule has 0 atom stereocenters. The summed E-state index contributed by atoms with van der Waals surface area (Å²) in [6.07, 6.45) is 1.99. The molecule has 1 aliphatic heterocycles. The van der Waals surface area contributed by atoms with Crippen molar-refractivity contribution >= 4 is 17.0 Å². The van der Waals surface area contributed by atoms with Gasteiger partial charge in [0.15, 0.2) is 17.0 Å². The van der Waals surface area contributed by atoms with Gasteiger partial charge in [0.2, 0.25) is 0 Å². The molecule has 108 valence electrons. The van der Waals surface area contributed by atoms with E-state index in [1.165, 1.54) is 7.11 Å². The topological polar surface area (TPSA) is 108 Å². The third kappa shape index (κ3) is 2.60. The first-order valence-corrected chi connectivity index (χ1v) is 6.54. The van der Waals surface area contributed by atoms with Gasteiger partial charge in [-0.3, -0.25) is 4.98 Å². The Morgan fingerprint density at radius 2 is 2.10 bits per heavy atom. The Balaban J connectivity index is 1.74. The molecule has 20 heavy (non-hydrogen) atoms. The number of ether oxygens (including phenoxy) is 3. The third-order valence-electron chi connectivity index (χ3n) is 3.31. The number of hydrogen-bond acceptors (Lipinski definition) is 7. The number of nitrogens with two attached hydrogens (primary N) is 1. The Bertz CT molecular complexity index is 594. The zero-order chi connectivity index (χ0) is 13.9. The largest absolute Gasteiger partial charge is 0.468 e. The van der Waals surface area contributed by atoms with Crippen LogP contribution in [0.2, 0.25) is 0 Å². The second-order valence-corrected chi connectivity index (χ2v) is 4.70. The molecule has 0 radical (unpaired) electrons. The van der Waals surface area contributed by atoms with Gasteiger partial charge in [-0.25, -0.2) is 0 Å². The normalized spacial score (nSPS) is 16.4. The van der Waals surface area contributed by atoms with Gasteiger partial charge >= 0.3 is 6.01 Å². The van der Waals surface area contributed by atoms with Crippen LogP contribution in [-0.4, -0.2) is 46.9 Å². The highest BCUT2D eigenvalue weighted by Crippen LogP contribution is 2.22. The number of H-pyrrole nitrogens is 1. The number of rotatable bonds is 4. The SMILES string of the molecule is COc1nc2c(N)nc(OCC3CCOCC3)nc2[nH]1. The van der Waals surface area contributed by atoms with Crippen molar-refractivity contribution in [2.45, 2.75) is 12.8 Å². The highest BCUT2D eigenvalue weighted by Gasteiger charge is 2.16. The van der Waals surface area contributed by atoms with E-state index in [2.05, 4.69) is 19.9 Å². The fourth-order valence-electron chi connectivity index (χ4n) is 2.15. The van der Waals surface area contributed by atoms with Gasteiger partial charge in [-0.05, 0) is 18.8 Å². The lowest BCUT2D eigenvalue weighted by molar-refractivity contribution is 0.0483. The van der Waals surface area contributed by atoms with E-state index >= 15 is 0 Å². The molecule has 0 amide bonds. The maximum atomic E-state index is 5.84. The lowest BCUT2D eigenvalue weighted by atomic mass is 10.0. The Labute approximate surface area is 115 Å². The lowest BCUT2D eigenvalue weighted by Gasteiger charge is -2.21. The first kappa shape index (κ1) is 12.9. The Morgan fingerprint density at radius 1 is 1.30 bits per heavy atom. The smallest absolute Gasteiger partial charge is 0.320 e. The van der Waals surface area contributed by atoms with Crippen molar-refractivity contribution in [2.24, 2.45) is 5.92 Å². The standard InChI is InChI=1S/C12H17N5O3/c1-18-11-14-8-9(13)15-12(17-10(8)16-11)20-6-7-2-4-19-5-3-7/h7H,2-6H2,1H3,(H3,13,14,15,16,17). The average Bonchev–Trinajstić information content (AvgIpc) is 2.90. The van der Waals surface area contributed by atoms with Crippen LogP contribution in [0.15, 0.2) is 0 Å². The number of anilines is 1. The molecule has 0 unspecified atom stereocenters. The minimum absolute atomic E-state index is 0.257. The zero-order valence-corrected chi connectivity index (χ0v) is 11.3. The summed E-state index contributed by atoms with van der Waals surface area (Å²) < 4.78 is 15.9. The average molecular weight is 279 g/mol. The molecular weight excluding hydrogens is 262 g/mol. The van der Waals surface area contributed by atoms with E-state index in [9.17, 15) is 0 Å². The minimum atomic E-state index is 0.257. The van der Waals surface area contributed by atoms with Crippen LogP contribution in [0.25, 0.3) is 11.2 Å². The van der Waals surface area contributed by atoms with Crippen molar-refractivity contribution in [3.05, 3.63) is 0 Å². The van der Waals surface area contributed by atoms with Gasteiger partial charge in [0.25, 0.3) is 6.01 Å². The van der Waals surface area contributed by atoms with Crippen LogP contribution < -0.4 is 15.2 Å². The maximum absolute atomic E-state index is 5.84. The van der Waals surface area contributed by atoms with Crippen LogP contribution in [-0.2, 0) is 4.74 Å². The number of fused-ring (bicyclic) bond motifs is 1. The third-order valence-corrected chi connectivity index (χ3v) is 3.31.